The van der Waals surface area contributed by atoms with Crippen LogP contribution < -0.4 is 0 Å². The lowest BCUT2D eigenvalue weighted by Gasteiger charge is -2.24. The molecule has 1 atom stereocenters. The summed E-state index contributed by atoms with van der Waals surface area (Å²) >= 11 is 0. The molecule has 0 bridgehead atoms. The summed E-state index contributed by atoms with van der Waals surface area (Å²) in [5.74, 6) is 0.730. The average Bonchev–Trinajstić information content (AvgIpc) is 2.75. The van der Waals surface area contributed by atoms with Crippen molar-refractivity contribution in [1.82, 2.24) is 4.90 Å². The summed E-state index contributed by atoms with van der Waals surface area (Å²) < 4.78 is 5.39. The Bertz CT molecular complexity index is 479. The standard InChI is InChI=1S/C16H23NO3/c1-16(2,3)20-15(19)17-8-7-13(11-17)9-12-5-4-6-14(18)10-12/h4-6,10,13,18H,7-9,11H2,1-3H3. The number of nitrogens with zero attached hydrogens (tertiary/aromatic N) is 1. The molecule has 1 aromatic carbocycles. The Morgan fingerprint density at radius 1 is 1.45 bits per heavy atom. The van der Waals surface area contributed by atoms with E-state index in [9.17, 15) is 9.90 Å². The van der Waals surface area contributed by atoms with Gasteiger partial charge in [0.05, 0.1) is 0 Å². The highest BCUT2D eigenvalue weighted by Crippen LogP contribution is 2.24. The third-order valence-electron chi connectivity index (χ3n) is 3.37. The number of phenolic OH excluding ortho intramolecular Hbond substituents is 1. The van der Waals surface area contributed by atoms with Crippen LogP contribution >= 0.6 is 0 Å². The first-order valence-electron chi connectivity index (χ1n) is 7.09. The van der Waals surface area contributed by atoms with Crippen LogP contribution in [0.1, 0.15) is 32.8 Å². The number of benzene rings is 1. The van der Waals surface area contributed by atoms with Crippen molar-refractivity contribution in [2.45, 2.75) is 39.2 Å². The van der Waals surface area contributed by atoms with E-state index in [1.807, 2.05) is 32.9 Å². The van der Waals surface area contributed by atoms with Crippen molar-refractivity contribution in [2.75, 3.05) is 13.1 Å². The molecule has 0 aromatic heterocycles. The number of hydrogen-bond acceptors (Lipinski definition) is 3. The number of aromatic hydroxyl groups is 1. The number of ether oxygens (including phenoxy) is 1. The van der Waals surface area contributed by atoms with Crippen LogP contribution in [0.15, 0.2) is 24.3 Å². The second-order valence-corrected chi connectivity index (χ2v) is 6.46. The molecule has 1 aromatic rings. The van der Waals surface area contributed by atoms with Gasteiger partial charge in [0.15, 0.2) is 0 Å². The fraction of sp³-hybridized carbons (Fsp3) is 0.562. The Morgan fingerprint density at radius 2 is 2.20 bits per heavy atom. The number of rotatable bonds is 2. The van der Waals surface area contributed by atoms with Crippen molar-refractivity contribution < 1.29 is 14.6 Å². The Morgan fingerprint density at radius 3 is 2.85 bits per heavy atom. The van der Waals surface area contributed by atoms with Gasteiger partial charge in [-0.3, -0.25) is 0 Å². The molecule has 1 heterocycles. The maximum absolute atomic E-state index is 12.0. The second kappa shape index (κ2) is 5.73. The molecule has 4 heteroatoms. The highest BCUT2D eigenvalue weighted by Gasteiger charge is 2.29. The quantitative estimate of drug-likeness (QED) is 0.903. The summed E-state index contributed by atoms with van der Waals surface area (Å²) in [5, 5.41) is 9.47. The van der Waals surface area contributed by atoms with Crippen LogP contribution in [0, 0.1) is 5.92 Å². The van der Waals surface area contributed by atoms with E-state index in [4.69, 9.17) is 4.74 Å². The summed E-state index contributed by atoms with van der Waals surface area (Å²) in [6.45, 7) is 7.12. The van der Waals surface area contributed by atoms with Crippen LogP contribution in [0.4, 0.5) is 4.79 Å². The molecule has 2 rings (SSSR count). The molecule has 0 radical (unpaired) electrons. The second-order valence-electron chi connectivity index (χ2n) is 6.46. The highest BCUT2D eigenvalue weighted by molar-refractivity contribution is 5.68. The first-order valence-corrected chi connectivity index (χ1v) is 7.09. The fourth-order valence-corrected chi connectivity index (χ4v) is 2.51. The Balaban J connectivity index is 1.88. The zero-order valence-corrected chi connectivity index (χ0v) is 12.4. The van der Waals surface area contributed by atoms with Crippen molar-refractivity contribution in [3.8, 4) is 5.75 Å². The predicted octanol–water partition coefficient (Wildman–Crippen LogP) is 3.19. The molecule has 1 aliphatic heterocycles. The van der Waals surface area contributed by atoms with Crippen molar-refractivity contribution >= 4 is 6.09 Å². The monoisotopic (exact) mass is 277 g/mol. The largest absolute Gasteiger partial charge is 0.508 e. The first kappa shape index (κ1) is 14.7. The molecule has 1 saturated heterocycles. The molecule has 1 aliphatic rings. The molecule has 110 valence electrons. The molecule has 1 unspecified atom stereocenters. The lowest BCUT2D eigenvalue weighted by Crippen LogP contribution is -2.35. The van der Waals surface area contributed by atoms with Gasteiger partial charge in [0.2, 0.25) is 0 Å². The van der Waals surface area contributed by atoms with Gasteiger partial charge in [-0.15, -0.1) is 0 Å². The molecule has 4 nitrogen and oxygen atoms in total. The third-order valence-corrected chi connectivity index (χ3v) is 3.37. The number of amides is 1. The predicted molar refractivity (Wildman–Crippen MR) is 77.7 cm³/mol. The summed E-state index contributed by atoms with van der Waals surface area (Å²) in [7, 11) is 0. The summed E-state index contributed by atoms with van der Waals surface area (Å²) in [6, 6.07) is 7.32. The van der Waals surface area contributed by atoms with Gasteiger partial charge in [0, 0.05) is 13.1 Å². The van der Waals surface area contributed by atoms with E-state index in [0.29, 0.717) is 11.7 Å². The maximum atomic E-state index is 12.0. The number of hydrogen-bond donors (Lipinski definition) is 1. The minimum absolute atomic E-state index is 0.226. The Labute approximate surface area is 120 Å². The van der Waals surface area contributed by atoms with E-state index in [-0.39, 0.29) is 6.09 Å². The van der Waals surface area contributed by atoms with E-state index in [2.05, 4.69) is 0 Å². The van der Waals surface area contributed by atoms with Crippen molar-refractivity contribution in [3.05, 3.63) is 29.8 Å². The van der Waals surface area contributed by atoms with Gasteiger partial charge in [-0.05, 0) is 57.2 Å². The summed E-state index contributed by atoms with van der Waals surface area (Å²) in [5.41, 5.74) is 0.668. The zero-order chi connectivity index (χ0) is 14.8. The van der Waals surface area contributed by atoms with Gasteiger partial charge < -0.3 is 14.7 Å². The minimum atomic E-state index is -0.444. The lowest BCUT2D eigenvalue weighted by molar-refractivity contribution is 0.0288. The lowest BCUT2D eigenvalue weighted by atomic mass is 9.99. The van der Waals surface area contributed by atoms with Crippen molar-refractivity contribution in [3.63, 3.8) is 0 Å². The Kier molecular flexibility index (Phi) is 4.21. The van der Waals surface area contributed by atoms with Crippen molar-refractivity contribution in [2.24, 2.45) is 5.92 Å². The van der Waals surface area contributed by atoms with E-state index in [0.717, 1.165) is 31.5 Å². The van der Waals surface area contributed by atoms with Crippen LogP contribution in [0.2, 0.25) is 0 Å². The maximum Gasteiger partial charge on any atom is 0.410 e. The number of carbonyl (C=O) groups is 1. The van der Waals surface area contributed by atoms with Crippen LogP contribution in [0.25, 0.3) is 0 Å². The van der Waals surface area contributed by atoms with E-state index in [1.54, 1.807) is 17.0 Å². The number of likely N-dealkylation sites (tertiary alicyclic amines) is 1. The van der Waals surface area contributed by atoms with Gasteiger partial charge >= 0.3 is 6.09 Å². The number of phenols is 1. The normalized spacial score (nSPS) is 19.1. The third kappa shape index (κ3) is 4.15. The summed E-state index contributed by atoms with van der Waals surface area (Å²) in [6.07, 6.45) is 1.64. The van der Waals surface area contributed by atoms with Crippen LogP contribution in [0.5, 0.6) is 5.75 Å². The summed E-state index contributed by atoms with van der Waals surface area (Å²) in [4.78, 5) is 13.8. The van der Waals surface area contributed by atoms with Gasteiger partial charge in [0.1, 0.15) is 11.4 Å². The van der Waals surface area contributed by atoms with E-state index >= 15 is 0 Å². The average molecular weight is 277 g/mol. The molecule has 0 aliphatic carbocycles. The van der Waals surface area contributed by atoms with Gasteiger partial charge in [-0.2, -0.15) is 0 Å². The molecular weight excluding hydrogens is 254 g/mol. The van der Waals surface area contributed by atoms with Crippen LogP contribution in [-0.2, 0) is 11.2 Å². The van der Waals surface area contributed by atoms with Crippen LogP contribution in [-0.4, -0.2) is 34.8 Å². The highest BCUT2D eigenvalue weighted by atomic mass is 16.6. The molecule has 1 N–H and O–H groups in total. The Hall–Kier alpha value is -1.71. The smallest absolute Gasteiger partial charge is 0.410 e. The van der Waals surface area contributed by atoms with E-state index < -0.39 is 5.60 Å². The van der Waals surface area contributed by atoms with E-state index in [1.165, 1.54) is 0 Å². The van der Waals surface area contributed by atoms with Crippen molar-refractivity contribution in [1.29, 1.82) is 0 Å². The molecule has 0 saturated carbocycles. The molecule has 1 amide bonds. The van der Waals surface area contributed by atoms with Gasteiger partial charge in [-0.25, -0.2) is 4.79 Å². The molecule has 1 fully saturated rings. The first-order chi connectivity index (χ1) is 9.33. The zero-order valence-electron chi connectivity index (χ0n) is 12.4. The fourth-order valence-electron chi connectivity index (χ4n) is 2.51. The topological polar surface area (TPSA) is 49.8 Å². The minimum Gasteiger partial charge on any atom is -0.508 e. The van der Waals surface area contributed by atoms with Crippen LogP contribution in [0.3, 0.4) is 0 Å². The molecule has 0 spiro atoms. The molecular formula is C16H23NO3. The molecule has 20 heavy (non-hydrogen) atoms. The number of carbonyl (C=O) groups excluding carboxylic acids is 1. The van der Waals surface area contributed by atoms with Gasteiger partial charge in [-0.1, -0.05) is 12.1 Å². The SMILES string of the molecule is CC(C)(C)OC(=O)N1CCC(Cc2cccc(O)c2)C1. The van der Waals surface area contributed by atoms with Gasteiger partial charge in [0.25, 0.3) is 0 Å².